The number of hydrogen-bond acceptors (Lipinski definition) is 6. The minimum Gasteiger partial charge on any atom is -0.481 e. The zero-order chi connectivity index (χ0) is 17.3. The monoisotopic (exact) mass is 320 g/mol. The van der Waals surface area contributed by atoms with E-state index in [1.165, 1.54) is 0 Å². The first-order chi connectivity index (χ1) is 10.1. The van der Waals surface area contributed by atoms with Crippen molar-refractivity contribution in [3.05, 3.63) is 0 Å². The maximum Gasteiger partial charge on any atom is 0.367 e. The van der Waals surface area contributed by atoms with Gasteiger partial charge in [0.15, 0.2) is 0 Å². The molecule has 0 rings (SSSR count). The topological polar surface area (TPSA) is 141 Å². The molecule has 128 valence electrons. The van der Waals surface area contributed by atoms with Gasteiger partial charge in [0, 0.05) is 0 Å². The molecule has 0 amide bonds. The van der Waals surface area contributed by atoms with Gasteiger partial charge in [-0.3, -0.25) is 9.59 Å². The second-order valence-corrected chi connectivity index (χ2v) is 5.59. The lowest BCUT2D eigenvalue weighted by atomic mass is 9.95. The summed E-state index contributed by atoms with van der Waals surface area (Å²) in [6.45, 7) is 4.08. The van der Waals surface area contributed by atoms with Gasteiger partial charge < -0.3 is 25.2 Å². The van der Waals surface area contributed by atoms with Crippen LogP contribution in [-0.2, 0) is 19.1 Å². The Hall–Kier alpha value is -1.67. The fourth-order valence-electron chi connectivity index (χ4n) is 1.82. The summed E-state index contributed by atoms with van der Waals surface area (Å²) in [6.07, 6.45) is 2.15. The van der Waals surface area contributed by atoms with Crippen molar-refractivity contribution in [3.8, 4) is 0 Å². The summed E-state index contributed by atoms with van der Waals surface area (Å²) in [7, 11) is 0. The Morgan fingerprint density at radius 2 is 1.64 bits per heavy atom. The van der Waals surface area contributed by atoms with Crippen molar-refractivity contribution in [2.45, 2.75) is 51.7 Å². The molecule has 0 bridgehead atoms. The second-order valence-electron chi connectivity index (χ2n) is 5.59. The molecule has 0 aliphatic carbocycles. The van der Waals surface area contributed by atoms with Gasteiger partial charge in [-0.05, 0) is 12.3 Å². The van der Waals surface area contributed by atoms with E-state index in [1.54, 1.807) is 0 Å². The molecule has 8 nitrogen and oxygen atoms in total. The van der Waals surface area contributed by atoms with E-state index in [9.17, 15) is 24.6 Å². The number of aliphatic hydroxyl groups is 2. The summed E-state index contributed by atoms with van der Waals surface area (Å²) in [5.74, 6) is -9.93. The molecule has 0 aliphatic rings. The Morgan fingerprint density at radius 3 is 2.09 bits per heavy atom. The van der Waals surface area contributed by atoms with Gasteiger partial charge in [0.25, 0.3) is 5.79 Å². The Morgan fingerprint density at radius 1 is 1.05 bits per heavy atom. The number of carboxylic acid groups (broad SMARTS) is 2. The van der Waals surface area contributed by atoms with Crippen LogP contribution in [0.5, 0.6) is 0 Å². The lowest BCUT2D eigenvalue weighted by Crippen LogP contribution is -2.51. The summed E-state index contributed by atoms with van der Waals surface area (Å²) in [6, 6.07) is 0. The van der Waals surface area contributed by atoms with Crippen molar-refractivity contribution in [2.75, 3.05) is 6.61 Å². The molecule has 4 N–H and O–H groups in total. The van der Waals surface area contributed by atoms with Gasteiger partial charge in [0.2, 0.25) is 0 Å². The van der Waals surface area contributed by atoms with Crippen LogP contribution in [0.25, 0.3) is 0 Å². The molecule has 0 fully saturated rings. The number of aliphatic carboxylic acids is 2. The summed E-state index contributed by atoms with van der Waals surface area (Å²) in [5.41, 5.74) is 0. The van der Waals surface area contributed by atoms with Crippen molar-refractivity contribution in [1.82, 2.24) is 0 Å². The maximum absolute atomic E-state index is 11.6. The number of carboxylic acids is 2. The molecule has 0 aromatic heterocycles. The highest BCUT2D eigenvalue weighted by Crippen LogP contribution is 2.21. The molecule has 0 saturated heterocycles. The molecule has 0 aliphatic heterocycles. The Kier molecular flexibility index (Phi) is 8.66. The van der Waals surface area contributed by atoms with Crippen molar-refractivity contribution >= 4 is 17.9 Å². The Labute approximate surface area is 128 Å². The van der Waals surface area contributed by atoms with E-state index in [-0.39, 0.29) is 6.61 Å². The largest absolute Gasteiger partial charge is 0.481 e. The van der Waals surface area contributed by atoms with E-state index in [2.05, 4.69) is 18.6 Å². The van der Waals surface area contributed by atoms with Gasteiger partial charge in [0.1, 0.15) is 5.92 Å². The third-order valence-electron chi connectivity index (χ3n) is 3.12. The smallest absolute Gasteiger partial charge is 0.367 e. The van der Waals surface area contributed by atoms with Gasteiger partial charge in [0.05, 0.1) is 13.0 Å². The number of ether oxygens (including phenoxy) is 1. The van der Waals surface area contributed by atoms with E-state index in [1.807, 2.05) is 0 Å². The van der Waals surface area contributed by atoms with Crippen LogP contribution in [0.2, 0.25) is 0 Å². The zero-order valence-electron chi connectivity index (χ0n) is 12.8. The third kappa shape index (κ3) is 7.37. The van der Waals surface area contributed by atoms with Crippen molar-refractivity contribution in [2.24, 2.45) is 11.8 Å². The normalized spacial score (nSPS) is 13.0. The fraction of sp³-hybridized carbons (Fsp3) is 0.786. The number of esters is 1. The number of hydrogen-bond donors (Lipinski definition) is 4. The van der Waals surface area contributed by atoms with Gasteiger partial charge in [-0.1, -0.05) is 33.1 Å². The van der Waals surface area contributed by atoms with Crippen LogP contribution in [0.4, 0.5) is 0 Å². The summed E-state index contributed by atoms with van der Waals surface area (Å²) in [4.78, 5) is 33.0. The molecule has 1 unspecified atom stereocenters. The first-order valence-electron chi connectivity index (χ1n) is 7.15. The van der Waals surface area contributed by atoms with E-state index in [0.29, 0.717) is 12.3 Å². The van der Waals surface area contributed by atoms with Crippen LogP contribution in [-0.4, -0.2) is 50.7 Å². The molecule has 8 heteroatoms. The number of rotatable bonds is 11. The van der Waals surface area contributed by atoms with E-state index in [0.717, 1.165) is 19.3 Å². The van der Waals surface area contributed by atoms with E-state index >= 15 is 0 Å². The van der Waals surface area contributed by atoms with Gasteiger partial charge in [-0.15, -0.1) is 0 Å². The average molecular weight is 320 g/mol. The number of carbonyl (C=O) groups is 3. The highest BCUT2D eigenvalue weighted by atomic mass is 16.6. The van der Waals surface area contributed by atoms with Crippen LogP contribution >= 0.6 is 0 Å². The van der Waals surface area contributed by atoms with Crippen LogP contribution in [0.1, 0.15) is 46.0 Å². The van der Waals surface area contributed by atoms with Crippen LogP contribution < -0.4 is 0 Å². The summed E-state index contributed by atoms with van der Waals surface area (Å²) >= 11 is 0. The van der Waals surface area contributed by atoms with Crippen LogP contribution in [0.3, 0.4) is 0 Å². The average Bonchev–Trinajstić information content (AvgIpc) is 2.38. The lowest BCUT2D eigenvalue weighted by molar-refractivity contribution is -0.232. The highest BCUT2D eigenvalue weighted by molar-refractivity contribution is 5.87. The van der Waals surface area contributed by atoms with Crippen molar-refractivity contribution < 1.29 is 39.5 Å². The standard InChI is InChI=1S/C14H24O8/c1-9(2)6-4-3-5-7-22-13(19)14(20,21)10(12(17)18)8-11(15)16/h9-10,20-21H,3-8H2,1-2H3,(H,15,16)(H,17,18). The van der Waals surface area contributed by atoms with E-state index in [4.69, 9.17) is 10.2 Å². The van der Waals surface area contributed by atoms with Crippen LogP contribution in [0, 0.1) is 11.8 Å². The summed E-state index contributed by atoms with van der Waals surface area (Å²) < 4.78 is 4.63. The highest BCUT2D eigenvalue weighted by Gasteiger charge is 2.49. The first kappa shape index (κ1) is 20.3. The molecule has 0 spiro atoms. The Balaban J connectivity index is 4.36. The molecule has 1 atom stereocenters. The third-order valence-corrected chi connectivity index (χ3v) is 3.12. The van der Waals surface area contributed by atoms with Gasteiger partial charge in [-0.2, -0.15) is 0 Å². The quantitative estimate of drug-likeness (QED) is 0.246. The maximum atomic E-state index is 11.6. The molecule has 0 saturated carbocycles. The lowest BCUT2D eigenvalue weighted by Gasteiger charge is -2.25. The molecular formula is C14H24O8. The molecule has 22 heavy (non-hydrogen) atoms. The fourth-order valence-corrected chi connectivity index (χ4v) is 1.82. The minimum absolute atomic E-state index is 0.0841. The SMILES string of the molecule is CC(C)CCCCCOC(=O)C(O)(O)C(CC(=O)O)C(=O)O. The predicted octanol–water partition coefficient (Wildman–Crippen LogP) is 0.602. The molecule has 0 aromatic rings. The second kappa shape index (κ2) is 9.37. The van der Waals surface area contributed by atoms with Gasteiger partial charge >= 0.3 is 17.9 Å². The molecular weight excluding hydrogens is 296 g/mol. The first-order valence-corrected chi connectivity index (χ1v) is 7.15. The van der Waals surface area contributed by atoms with E-state index < -0.39 is 36.0 Å². The van der Waals surface area contributed by atoms with Crippen molar-refractivity contribution in [1.29, 1.82) is 0 Å². The van der Waals surface area contributed by atoms with Crippen LogP contribution in [0.15, 0.2) is 0 Å². The summed E-state index contributed by atoms with van der Waals surface area (Å²) in [5, 5.41) is 36.5. The Bertz CT molecular complexity index is 388. The molecule has 0 radical (unpaired) electrons. The zero-order valence-corrected chi connectivity index (χ0v) is 12.8. The van der Waals surface area contributed by atoms with Gasteiger partial charge in [-0.25, -0.2) is 4.79 Å². The van der Waals surface area contributed by atoms with Crippen molar-refractivity contribution in [3.63, 3.8) is 0 Å². The molecule has 0 aromatic carbocycles. The minimum atomic E-state index is -3.37. The number of carbonyl (C=O) groups excluding carboxylic acids is 1. The predicted molar refractivity (Wildman–Crippen MR) is 74.8 cm³/mol. The number of unbranched alkanes of at least 4 members (excludes halogenated alkanes) is 2. The molecule has 0 heterocycles.